The van der Waals surface area contributed by atoms with Crippen LogP contribution in [0.25, 0.3) is 32.7 Å². The zero-order chi connectivity index (χ0) is 53.2. The Balaban J connectivity index is 1.12. The second kappa shape index (κ2) is 23.8. The molecule has 7 rings (SSSR count). The SMILES string of the molecule is C=CCOc1ccc(C[C@H](NC(=O)[C@@H](CCCN=C(N)NS(=O)(=O)c2c(C)c(C)c3c(c2C)CCC(C)(C)O3)NC(=O)COc2ccc3ccccc3c2-c2c(OCC=C)ccc3ccccc23)C(=O)OC)cc1. The van der Waals surface area contributed by atoms with E-state index in [-0.39, 0.29) is 48.9 Å². The maximum absolute atomic E-state index is 14.3. The van der Waals surface area contributed by atoms with Gasteiger partial charge in [0.25, 0.3) is 15.9 Å². The second-order valence-electron chi connectivity index (χ2n) is 18.7. The Morgan fingerprint density at radius 1 is 0.784 bits per heavy atom. The first kappa shape index (κ1) is 53.9. The summed E-state index contributed by atoms with van der Waals surface area (Å²) in [5.41, 5.74) is 10.7. The molecule has 0 fully saturated rings. The van der Waals surface area contributed by atoms with Crippen molar-refractivity contribution in [1.29, 1.82) is 0 Å². The number of rotatable bonds is 22. The molecular formula is C58H65N5O10S. The first-order valence-corrected chi connectivity index (χ1v) is 26.0. The zero-order valence-electron chi connectivity index (χ0n) is 42.8. The van der Waals surface area contributed by atoms with Gasteiger partial charge in [-0.15, -0.1) is 0 Å². The van der Waals surface area contributed by atoms with Crippen LogP contribution in [-0.4, -0.2) is 83.3 Å². The molecule has 1 aliphatic heterocycles. The fourth-order valence-corrected chi connectivity index (χ4v) is 10.8. The van der Waals surface area contributed by atoms with Crippen molar-refractivity contribution in [3.05, 3.63) is 150 Å². The highest BCUT2D eigenvalue weighted by molar-refractivity contribution is 7.90. The predicted molar refractivity (Wildman–Crippen MR) is 290 cm³/mol. The fourth-order valence-electron chi connectivity index (χ4n) is 9.24. The Morgan fingerprint density at radius 2 is 1.39 bits per heavy atom. The summed E-state index contributed by atoms with van der Waals surface area (Å²) in [6.07, 6.45) is 4.89. The second-order valence-corrected chi connectivity index (χ2v) is 20.4. The maximum atomic E-state index is 14.3. The third kappa shape index (κ3) is 12.7. The molecule has 5 N–H and O–H groups in total. The van der Waals surface area contributed by atoms with Gasteiger partial charge < -0.3 is 40.1 Å². The van der Waals surface area contributed by atoms with Crippen LogP contribution in [0.2, 0.25) is 0 Å². The number of carbonyl (C=O) groups excluding carboxylic acids is 3. The van der Waals surface area contributed by atoms with Crippen molar-refractivity contribution in [3.63, 3.8) is 0 Å². The molecule has 16 heteroatoms. The quantitative estimate of drug-likeness (QED) is 0.0166. The molecule has 0 saturated heterocycles. The monoisotopic (exact) mass is 1020 g/mol. The number of esters is 1. The average Bonchev–Trinajstić information content (AvgIpc) is 3.38. The number of sulfonamides is 1. The first-order valence-electron chi connectivity index (χ1n) is 24.5. The molecule has 388 valence electrons. The molecule has 0 radical (unpaired) electrons. The van der Waals surface area contributed by atoms with Crippen LogP contribution in [-0.2, 0) is 42.0 Å². The number of fused-ring (bicyclic) bond motifs is 3. The summed E-state index contributed by atoms with van der Waals surface area (Å²) < 4.78 is 59.9. The summed E-state index contributed by atoms with van der Waals surface area (Å²) >= 11 is 0. The third-order valence-electron chi connectivity index (χ3n) is 13.0. The Kier molecular flexibility index (Phi) is 17.3. The van der Waals surface area contributed by atoms with E-state index in [1.165, 1.54) is 7.11 Å². The molecule has 1 heterocycles. The molecule has 1 aliphatic rings. The van der Waals surface area contributed by atoms with E-state index in [0.717, 1.165) is 44.7 Å². The zero-order valence-corrected chi connectivity index (χ0v) is 43.7. The lowest BCUT2D eigenvalue weighted by Gasteiger charge is -2.35. The number of benzene rings is 6. The number of amides is 2. The van der Waals surface area contributed by atoms with Gasteiger partial charge in [-0.2, -0.15) is 0 Å². The van der Waals surface area contributed by atoms with E-state index in [1.807, 2.05) is 87.5 Å². The number of aliphatic imine (C=N–C) groups is 1. The molecule has 0 aliphatic carbocycles. The molecule has 2 amide bonds. The molecule has 6 aromatic carbocycles. The van der Waals surface area contributed by atoms with Crippen molar-refractivity contribution >= 4 is 55.3 Å². The van der Waals surface area contributed by atoms with Gasteiger partial charge in [-0.3, -0.25) is 14.6 Å². The lowest BCUT2D eigenvalue weighted by molar-refractivity contribution is -0.145. The van der Waals surface area contributed by atoms with Crippen LogP contribution < -0.4 is 40.0 Å². The molecule has 6 aromatic rings. The van der Waals surface area contributed by atoms with Gasteiger partial charge in [0.05, 0.1) is 12.0 Å². The minimum absolute atomic E-state index is 0.00412. The Hall–Kier alpha value is -7.85. The smallest absolute Gasteiger partial charge is 0.328 e. The van der Waals surface area contributed by atoms with Crippen molar-refractivity contribution in [2.24, 2.45) is 10.7 Å². The van der Waals surface area contributed by atoms with Gasteiger partial charge in [-0.25, -0.2) is 17.9 Å². The largest absolute Gasteiger partial charge is 0.490 e. The molecule has 15 nitrogen and oxygen atoms in total. The standard InChI is InChI=1S/C58H65N5O10S/c1-9-32-70-42-25-21-39(22-26-42)34-47(56(66)69-8)62-55(65)46(20-15-31-60-57(59)63-74(67,68)54-37(4)36(3)53-43(38(54)5)29-30-58(6,7)73-53)61-50(64)35-72-49-28-24-41-17-12-14-19-45(41)52(49)51-44-18-13-11-16-40(44)23-27-48(51)71-33-10-2/h9-14,16-19,21-28,46-47H,1-2,15,20,29-35H2,3-8H3,(H,61,64)(H,62,65)(H3,59,60,63)/t46-,47+/m1/s1. The molecule has 0 bridgehead atoms. The topological polar surface area (TPSA) is 206 Å². The molecule has 0 aromatic heterocycles. The van der Waals surface area contributed by atoms with Crippen LogP contribution in [0, 0.1) is 20.8 Å². The summed E-state index contributed by atoms with van der Waals surface area (Å²) in [4.78, 5) is 46.0. The van der Waals surface area contributed by atoms with Gasteiger partial charge in [-0.1, -0.05) is 98.1 Å². The van der Waals surface area contributed by atoms with E-state index in [0.29, 0.717) is 58.3 Å². The summed E-state index contributed by atoms with van der Waals surface area (Å²) in [6, 6.07) is 28.0. The normalized spacial score (nSPS) is 13.9. The van der Waals surface area contributed by atoms with Crippen LogP contribution in [0.15, 0.2) is 132 Å². The average molecular weight is 1020 g/mol. The number of nitrogens with two attached hydrogens (primary N) is 1. The lowest BCUT2D eigenvalue weighted by Crippen LogP contribution is -2.53. The van der Waals surface area contributed by atoms with Crippen molar-refractivity contribution in [3.8, 4) is 34.1 Å². The summed E-state index contributed by atoms with van der Waals surface area (Å²) in [5, 5.41) is 9.26. The number of ether oxygens (including phenoxy) is 5. The van der Waals surface area contributed by atoms with E-state index in [9.17, 15) is 22.8 Å². The number of guanidine groups is 1. The number of nitrogens with one attached hydrogen (secondary N) is 3. The van der Waals surface area contributed by atoms with Gasteiger partial charge in [0.2, 0.25) is 11.9 Å². The van der Waals surface area contributed by atoms with Crippen LogP contribution >= 0.6 is 0 Å². The number of methoxy groups -OCH3 is 1. The minimum atomic E-state index is -4.19. The van der Waals surface area contributed by atoms with Crippen molar-refractivity contribution in [2.45, 2.75) is 89.3 Å². The van der Waals surface area contributed by atoms with Gasteiger partial charge in [0.1, 0.15) is 53.9 Å². The van der Waals surface area contributed by atoms with Crippen LogP contribution in [0.1, 0.15) is 60.9 Å². The molecule has 0 saturated carbocycles. The Labute approximate surface area is 433 Å². The van der Waals surface area contributed by atoms with Gasteiger partial charge >= 0.3 is 5.97 Å². The van der Waals surface area contributed by atoms with E-state index < -0.39 is 46.5 Å². The predicted octanol–water partition coefficient (Wildman–Crippen LogP) is 8.66. The van der Waals surface area contributed by atoms with Crippen molar-refractivity contribution < 1.29 is 46.5 Å². The van der Waals surface area contributed by atoms with Crippen LogP contribution in [0.5, 0.6) is 23.0 Å². The number of hydrogen-bond donors (Lipinski definition) is 4. The van der Waals surface area contributed by atoms with E-state index in [1.54, 1.807) is 56.3 Å². The molecular weight excluding hydrogens is 959 g/mol. The third-order valence-corrected chi connectivity index (χ3v) is 14.7. The fraction of sp³-hybridized carbons (Fsp3) is 0.310. The van der Waals surface area contributed by atoms with Crippen LogP contribution in [0.3, 0.4) is 0 Å². The molecule has 0 spiro atoms. The number of hydrogen-bond acceptors (Lipinski definition) is 11. The number of carbonyl (C=O) groups is 3. The highest BCUT2D eigenvalue weighted by atomic mass is 32.2. The molecule has 0 unspecified atom stereocenters. The first-order chi connectivity index (χ1) is 35.4. The van der Waals surface area contributed by atoms with E-state index in [2.05, 4.69) is 33.5 Å². The highest BCUT2D eigenvalue weighted by Gasteiger charge is 2.34. The van der Waals surface area contributed by atoms with Crippen LogP contribution in [0.4, 0.5) is 0 Å². The lowest BCUT2D eigenvalue weighted by atomic mass is 9.88. The summed E-state index contributed by atoms with van der Waals surface area (Å²) in [6.45, 7) is 16.9. The summed E-state index contributed by atoms with van der Waals surface area (Å²) in [5.74, 6) is -0.0653. The molecule has 74 heavy (non-hydrogen) atoms. The highest BCUT2D eigenvalue weighted by Crippen LogP contribution is 2.46. The van der Waals surface area contributed by atoms with Gasteiger partial charge in [0.15, 0.2) is 6.61 Å². The van der Waals surface area contributed by atoms with Gasteiger partial charge in [0, 0.05) is 24.1 Å². The number of nitrogens with zero attached hydrogens (tertiary/aromatic N) is 1. The Morgan fingerprint density at radius 3 is 2.01 bits per heavy atom. The minimum Gasteiger partial charge on any atom is -0.490 e. The maximum Gasteiger partial charge on any atom is 0.328 e. The van der Waals surface area contributed by atoms with Crippen molar-refractivity contribution in [1.82, 2.24) is 15.4 Å². The van der Waals surface area contributed by atoms with Crippen molar-refractivity contribution in [2.75, 3.05) is 33.5 Å². The van der Waals surface area contributed by atoms with Gasteiger partial charge in [-0.05, 0) is 134 Å². The Bertz CT molecular complexity index is 3220. The molecule has 2 atom stereocenters. The summed E-state index contributed by atoms with van der Waals surface area (Å²) in [7, 11) is -2.97. The van der Waals surface area contributed by atoms with E-state index >= 15 is 0 Å². The van der Waals surface area contributed by atoms with E-state index in [4.69, 9.17) is 29.4 Å².